The number of hydrogen-bond donors (Lipinski definition) is 0. The molecule has 0 bridgehead atoms. The number of amides is 1. The van der Waals surface area contributed by atoms with Gasteiger partial charge >= 0.3 is 0 Å². The van der Waals surface area contributed by atoms with Gasteiger partial charge in [-0.15, -0.1) is 0 Å². The normalized spacial score (nSPS) is 18.2. The van der Waals surface area contributed by atoms with Crippen molar-refractivity contribution >= 4 is 12.2 Å². The lowest BCUT2D eigenvalue weighted by molar-refractivity contribution is 0.0697. The molecule has 0 saturated heterocycles. The van der Waals surface area contributed by atoms with E-state index in [1.165, 1.54) is 12.8 Å². The standard InChI is InChI=1S/C18H19N3O2/c1-11-5-15(21-10-19-7-16(21)9-22)6-14-8-20(18(23)17(11)14)12(2)13-3-4-13/h5-7,9-10,12-13H,3-4,8H2,1-2H3/t12-/m0/s1. The van der Waals surface area contributed by atoms with Crippen molar-refractivity contribution in [2.24, 2.45) is 5.92 Å². The predicted molar refractivity (Wildman–Crippen MR) is 85.7 cm³/mol. The van der Waals surface area contributed by atoms with Crippen LogP contribution in [0.2, 0.25) is 0 Å². The maximum atomic E-state index is 12.8. The molecule has 4 rings (SSSR count). The highest BCUT2D eigenvalue weighted by molar-refractivity contribution is 6.00. The topological polar surface area (TPSA) is 55.2 Å². The average molecular weight is 309 g/mol. The van der Waals surface area contributed by atoms with Crippen LogP contribution in [0.1, 0.15) is 51.7 Å². The zero-order valence-electron chi connectivity index (χ0n) is 13.3. The Kier molecular flexibility index (Phi) is 3.11. The summed E-state index contributed by atoms with van der Waals surface area (Å²) >= 11 is 0. The van der Waals surface area contributed by atoms with Gasteiger partial charge in [0.25, 0.3) is 5.91 Å². The number of aryl methyl sites for hydroxylation is 1. The third kappa shape index (κ3) is 2.19. The molecule has 2 aromatic rings. The van der Waals surface area contributed by atoms with Crippen LogP contribution in [0.3, 0.4) is 0 Å². The van der Waals surface area contributed by atoms with Crippen molar-refractivity contribution in [2.45, 2.75) is 39.3 Å². The van der Waals surface area contributed by atoms with E-state index in [1.807, 2.05) is 24.0 Å². The number of aromatic nitrogens is 2. The van der Waals surface area contributed by atoms with Crippen LogP contribution in [0.25, 0.3) is 5.69 Å². The minimum atomic E-state index is 0.143. The van der Waals surface area contributed by atoms with Crippen LogP contribution in [0.5, 0.6) is 0 Å². The summed E-state index contributed by atoms with van der Waals surface area (Å²) in [4.78, 5) is 29.9. The third-order valence-electron chi connectivity index (χ3n) is 5.08. The molecular weight excluding hydrogens is 290 g/mol. The first kappa shape index (κ1) is 14.2. The van der Waals surface area contributed by atoms with Crippen molar-refractivity contribution in [3.63, 3.8) is 0 Å². The summed E-state index contributed by atoms with van der Waals surface area (Å²) in [6.45, 7) is 4.77. The fourth-order valence-electron chi connectivity index (χ4n) is 3.58. The van der Waals surface area contributed by atoms with Gasteiger partial charge in [0.05, 0.1) is 12.5 Å². The van der Waals surface area contributed by atoms with E-state index < -0.39 is 0 Å². The number of benzene rings is 1. The molecular formula is C18H19N3O2. The molecule has 1 saturated carbocycles. The molecule has 5 nitrogen and oxygen atoms in total. The molecule has 1 aromatic heterocycles. The Hall–Kier alpha value is -2.43. The Morgan fingerprint density at radius 2 is 2.13 bits per heavy atom. The van der Waals surface area contributed by atoms with Crippen molar-refractivity contribution in [3.8, 4) is 5.69 Å². The smallest absolute Gasteiger partial charge is 0.255 e. The number of imidazole rings is 1. The largest absolute Gasteiger partial charge is 0.331 e. The average Bonchev–Trinajstić information content (AvgIpc) is 3.18. The monoisotopic (exact) mass is 309 g/mol. The maximum Gasteiger partial charge on any atom is 0.255 e. The van der Waals surface area contributed by atoms with Crippen LogP contribution >= 0.6 is 0 Å². The highest BCUT2D eigenvalue weighted by atomic mass is 16.2. The van der Waals surface area contributed by atoms with Gasteiger partial charge in [-0.3, -0.25) is 14.2 Å². The Labute approximate surface area is 134 Å². The first-order valence-electron chi connectivity index (χ1n) is 8.02. The van der Waals surface area contributed by atoms with Gasteiger partial charge in [0, 0.05) is 23.8 Å². The summed E-state index contributed by atoms with van der Waals surface area (Å²) < 4.78 is 1.76. The number of hydrogen-bond acceptors (Lipinski definition) is 3. The molecule has 0 radical (unpaired) electrons. The van der Waals surface area contributed by atoms with E-state index in [2.05, 4.69) is 11.9 Å². The highest BCUT2D eigenvalue weighted by Gasteiger charge is 2.39. The van der Waals surface area contributed by atoms with Crippen LogP contribution in [0.15, 0.2) is 24.7 Å². The van der Waals surface area contributed by atoms with E-state index in [4.69, 9.17) is 0 Å². The van der Waals surface area contributed by atoms with Gasteiger partial charge in [-0.1, -0.05) is 0 Å². The van der Waals surface area contributed by atoms with Crippen molar-refractivity contribution in [2.75, 3.05) is 0 Å². The van der Waals surface area contributed by atoms with Gasteiger partial charge < -0.3 is 4.90 Å². The van der Waals surface area contributed by atoms with Crippen molar-refractivity contribution in [1.29, 1.82) is 0 Å². The van der Waals surface area contributed by atoms with Crippen LogP contribution in [-0.4, -0.2) is 32.7 Å². The lowest BCUT2D eigenvalue weighted by atomic mass is 10.0. The molecule has 2 aliphatic rings. The van der Waals surface area contributed by atoms with Crippen molar-refractivity contribution < 1.29 is 9.59 Å². The molecule has 1 aliphatic heterocycles. The molecule has 118 valence electrons. The summed E-state index contributed by atoms with van der Waals surface area (Å²) in [6.07, 6.45) is 6.42. The maximum absolute atomic E-state index is 12.8. The Balaban J connectivity index is 1.74. The molecule has 1 atom stereocenters. The Morgan fingerprint density at radius 3 is 2.83 bits per heavy atom. The summed E-state index contributed by atoms with van der Waals surface area (Å²) in [5.74, 6) is 0.799. The second kappa shape index (κ2) is 5.05. The second-order valence-corrected chi connectivity index (χ2v) is 6.61. The van der Waals surface area contributed by atoms with Crippen LogP contribution in [0.4, 0.5) is 0 Å². The SMILES string of the molecule is Cc1cc(-n2cncc2C=O)cc2c1C(=O)N([C@@H](C)C1CC1)C2. The fourth-order valence-corrected chi connectivity index (χ4v) is 3.58. The van der Waals surface area contributed by atoms with E-state index in [0.717, 1.165) is 28.7 Å². The quantitative estimate of drug-likeness (QED) is 0.816. The van der Waals surface area contributed by atoms with Crippen LogP contribution < -0.4 is 0 Å². The number of rotatable bonds is 4. The molecule has 1 aliphatic carbocycles. The zero-order valence-corrected chi connectivity index (χ0v) is 13.3. The lowest BCUT2D eigenvalue weighted by Crippen LogP contribution is -2.34. The third-order valence-corrected chi connectivity index (χ3v) is 5.08. The molecule has 1 amide bonds. The molecule has 0 spiro atoms. The summed E-state index contributed by atoms with van der Waals surface area (Å²) in [6, 6.07) is 4.27. The predicted octanol–water partition coefficient (Wildman–Crippen LogP) is 2.75. The second-order valence-electron chi connectivity index (χ2n) is 6.61. The van der Waals surface area contributed by atoms with E-state index in [0.29, 0.717) is 24.2 Å². The summed E-state index contributed by atoms with van der Waals surface area (Å²) in [5, 5.41) is 0. The number of aldehydes is 1. The van der Waals surface area contributed by atoms with Crippen LogP contribution in [-0.2, 0) is 6.54 Å². The summed E-state index contributed by atoms with van der Waals surface area (Å²) in [5.41, 5.74) is 4.22. The fraction of sp³-hybridized carbons (Fsp3) is 0.389. The molecule has 1 aromatic carbocycles. The van der Waals surface area contributed by atoms with Crippen LogP contribution in [0, 0.1) is 12.8 Å². The Morgan fingerprint density at radius 1 is 1.35 bits per heavy atom. The minimum absolute atomic E-state index is 0.143. The van der Waals surface area contributed by atoms with Gasteiger partial charge in [-0.25, -0.2) is 4.98 Å². The molecule has 5 heteroatoms. The molecule has 0 unspecified atom stereocenters. The first-order valence-corrected chi connectivity index (χ1v) is 8.02. The van der Waals surface area contributed by atoms with Gasteiger partial charge in [0.15, 0.2) is 6.29 Å². The van der Waals surface area contributed by atoms with E-state index >= 15 is 0 Å². The molecule has 0 N–H and O–H groups in total. The lowest BCUT2D eigenvalue weighted by Gasteiger charge is -2.24. The minimum Gasteiger partial charge on any atom is -0.331 e. The number of carbonyl (C=O) groups excluding carboxylic acids is 2. The number of nitrogens with zero attached hydrogens (tertiary/aromatic N) is 3. The molecule has 1 fully saturated rings. The summed E-state index contributed by atoms with van der Waals surface area (Å²) in [7, 11) is 0. The Bertz CT molecular complexity index is 805. The number of fused-ring (bicyclic) bond motifs is 1. The highest BCUT2D eigenvalue weighted by Crippen LogP contribution is 2.39. The van der Waals surface area contributed by atoms with Crippen molar-refractivity contribution in [3.05, 3.63) is 47.0 Å². The van der Waals surface area contributed by atoms with E-state index in [9.17, 15) is 9.59 Å². The van der Waals surface area contributed by atoms with Gasteiger partial charge in [-0.05, 0) is 55.9 Å². The van der Waals surface area contributed by atoms with Gasteiger partial charge in [-0.2, -0.15) is 0 Å². The molecule has 23 heavy (non-hydrogen) atoms. The molecule has 2 heterocycles. The van der Waals surface area contributed by atoms with E-state index in [1.54, 1.807) is 17.1 Å². The van der Waals surface area contributed by atoms with Gasteiger partial charge in [0.1, 0.15) is 5.69 Å². The first-order chi connectivity index (χ1) is 11.1. The van der Waals surface area contributed by atoms with E-state index in [-0.39, 0.29) is 5.91 Å². The van der Waals surface area contributed by atoms with Gasteiger partial charge in [0.2, 0.25) is 0 Å². The zero-order chi connectivity index (χ0) is 16.1. The van der Waals surface area contributed by atoms with Crippen molar-refractivity contribution in [1.82, 2.24) is 14.5 Å². The number of carbonyl (C=O) groups is 2.